The van der Waals surface area contributed by atoms with Crippen molar-refractivity contribution in [3.8, 4) is 0 Å². The molecule has 2 rings (SSSR count). The summed E-state index contributed by atoms with van der Waals surface area (Å²) in [6.45, 7) is 2.30. The summed E-state index contributed by atoms with van der Waals surface area (Å²) in [6, 6.07) is 16.5. The van der Waals surface area contributed by atoms with Crippen LogP contribution in [0.25, 0.3) is 0 Å². The molecule has 2 aromatic rings. The van der Waals surface area contributed by atoms with Crippen LogP contribution in [0, 0.1) is 0 Å². The maximum Gasteiger partial charge on any atom is 0.224 e. The fourth-order valence-corrected chi connectivity index (χ4v) is 2.45. The van der Waals surface area contributed by atoms with E-state index in [1.165, 1.54) is 0 Å². The molecule has 0 aromatic heterocycles. The molecular weight excluding hydrogens is 316 g/mol. The average Bonchev–Trinajstić information content (AvgIpc) is 2.61. The third-order valence-corrected chi connectivity index (χ3v) is 3.74. The number of benzene rings is 2. The number of nitrogens with one attached hydrogen (secondary N) is 2. The van der Waals surface area contributed by atoms with Crippen molar-refractivity contribution in [1.29, 1.82) is 0 Å². The molecule has 3 N–H and O–H groups in total. The number of hydrogen-bond acceptors (Lipinski definition) is 3. The van der Waals surface area contributed by atoms with Crippen LogP contribution in [-0.4, -0.2) is 16.9 Å². The molecule has 0 heterocycles. The molecule has 132 valence electrons. The van der Waals surface area contributed by atoms with Gasteiger partial charge in [0.05, 0.1) is 12.5 Å². The summed E-state index contributed by atoms with van der Waals surface area (Å²) >= 11 is 0. The van der Waals surface area contributed by atoms with Gasteiger partial charge in [-0.25, -0.2) is 0 Å². The van der Waals surface area contributed by atoms with Gasteiger partial charge in [-0.15, -0.1) is 0 Å². The minimum Gasteiger partial charge on any atom is -0.388 e. The zero-order valence-corrected chi connectivity index (χ0v) is 14.4. The summed E-state index contributed by atoms with van der Waals surface area (Å²) in [5, 5.41) is 15.7. The van der Waals surface area contributed by atoms with E-state index in [2.05, 4.69) is 10.6 Å². The van der Waals surface area contributed by atoms with Gasteiger partial charge in [-0.05, 0) is 29.7 Å². The average molecular weight is 340 g/mol. The van der Waals surface area contributed by atoms with Gasteiger partial charge in [0.2, 0.25) is 11.8 Å². The van der Waals surface area contributed by atoms with Crippen LogP contribution in [0.5, 0.6) is 0 Å². The third-order valence-electron chi connectivity index (χ3n) is 3.74. The summed E-state index contributed by atoms with van der Waals surface area (Å²) in [7, 11) is 0. The SMILES string of the molecule is CCCC(=O)Nc1cccc(CNC(=O)CC(O)c2ccccc2)c1. The highest BCUT2D eigenvalue weighted by molar-refractivity contribution is 5.90. The number of aliphatic hydroxyl groups excluding tert-OH is 1. The molecule has 1 unspecified atom stereocenters. The van der Waals surface area contributed by atoms with Crippen LogP contribution < -0.4 is 10.6 Å². The van der Waals surface area contributed by atoms with Gasteiger partial charge >= 0.3 is 0 Å². The maximum atomic E-state index is 12.0. The van der Waals surface area contributed by atoms with Crippen molar-refractivity contribution in [3.63, 3.8) is 0 Å². The van der Waals surface area contributed by atoms with Crippen molar-refractivity contribution in [2.24, 2.45) is 0 Å². The lowest BCUT2D eigenvalue weighted by atomic mass is 10.1. The van der Waals surface area contributed by atoms with Crippen molar-refractivity contribution in [2.75, 3.05) is 5.32 Å². The van der Waals surface area contributed by atoms with Crippen LogP contribution in [0.3, 0.4) is 0 Å². The summed E-state index contributed by atoms with van der Waals surface area (Å²) in [4.78, 5) is 23.6. The van der Waals surface area contributed by atoms with Crippen LogP contribution in [0.2, 0.25) is 0 Å². The highest BCUT2D eigenvalue weighted by Crippen LogP contribution is 2.16. The molecule has 0 aliphatic rings. The van der Waals surface area contributed by atoms with Crippen LogP contribution in [0.4, 0.5) is 5.69 Å². The molecule has 0 aliphatic heterocycles. The Morgan fingerprint density at radius 1 is 1.04 bits per heavy atom. The lowest BCUT2D eigenvalue weighted by molar-refractivity contribution is -0.123. The Labute approximate surface area is 148 Å². The van der Waals surface area contributed by atoms with Crippen LogP contribution in [0.1, 0.15) is 43.4 Å². The molecule has 5 nitrogen and oxygen atoms in total. The molecule has 2 amide bonds. The molecule has 0 saturated carbocycles. The minimum absolute atomic E-state index is 0.0109. The number of carbonyl (C=O) groups excluding carboxylic acids is 2. The van der Waals surface area contributed by atoms with Gasteiger partial charge in [0, 0.05) is 18.7 Å². The lowest BCUT2D eigenvalue weighted by Crippen LogP contribution is -2.24. The molecule has 0 fully saturated rings. The Kier molecular flexibility index (Phi) is 7.16. The second-order valence-electron chi connectivity index (χ2n) is 5.91. The summed E-state index contributed by atoms with van der Waals surface area (Å²) in [5.41, 5.74) is 2.32. The van der Waals surface area contributed by atoms with E-state index in [-0.39, 0.29) is 18.2 Å². The second kappa shape index (κ2) is 9.59. The van der Waals surface area contributed by atoms with E-state index in [0.29, 0.717) is 13.0 Å². The molecule has 0 saturated heterocycles. The number of carbonyl (C=O) groups is 2. The predicted octanol–water partition coefficient (Wildman–Crippen LogP) is 3.17. The first-order valence-electron chi connectivity index (χ1n) is 8.47. The zero-order valence-electron chi connectivity index (χ0n) is 14.4. The van der Waals surface area contributed by atoms with E-state index < -0.39 is 6.10 Å². The molecule has 0 radical (unpaired) electrons. The van der Waals surface area contributed by atoms with E-state index in [4.69, 9.17) is 0 Å². The lowest BCUT2D eigenvalue weighted by Gasteiger charge is -2.12. The largest absolute Gasteiger partial charge is 0.388 e. The monoisotopic (exact) mass is 340 g/mol. The molecule has 0 bridgehead atoms. The Morgan fingerprint density at radius 3 is 2.52 bits per heavy atom. The number of hydrogen-bond donors (Lipinski definition) is 3. The van der Waals surface area contributed by atoms with Gasteiger partial charge in [0.15, 0.2) is 0 Å². The number of aliphatic hydroxyl groups is 1. The molecule has 0 aliphatic carbocycles. The van der Waals surface area contributed by atoms with Gasteiger partial charge in [-0.3, -0.25) is 9.59 Å². The topological polar surface area (TPSA) is 78.4 Å². The van der Waals surface area contributed by atoms with Gasteiger partial charge in [0.1, 0.15) is 0 Å². The first-order valence-corrected chi connectivity index (χ1v) is 8.47. The van der Waals surface area contributed by atoms with E-state index in [1.54, 1.807) is 12.1 Å². The number of rotatable bonds is 8. The molecule has 1 atom stereocenters. The van der Waals surface area contributed by atoms with Crippen molar-refractivity contribution in [2.45, 2.75) is 38.8 Å². The van der Waals surface area contributed by atoms with Crippen molar-refractivity contribution >= 4 is 17.5 Å². The highest BCUT2D eigenvalue weighted by atomic mass is 16.3. The number of amides is 2. The zero-order chi connectivity index (χ0) is 18.1. The van der Waals surface area contributed by atoms with Gasteiger partial charge in [0.25, 0.3) is 0 Å². The highest BCUT2D eigenvalue weighted by Gasteiger charge is 2.12. The molecule has 5 heteroatoms. The second-order valence-corrected chi connectivity index (χ2v) is 5.91. The smallest absolute Gasteiger partial charge is 0.224 e. The summed E-state index contributed by atoms with van der Waals surface area (Å²) in [5.74, 6) is -0.244. The predicted molar refractivity (Wildman–Crippen MR) is 97.8 cm³/mol. The van der Waals surface area contributed by atoms with Crippen LogP contribution in [-0.2, 0) is 16.1 Å². The molecular formula is C20H24N2O3. The number of anilines is 1. The van der Waals surface area contributed by atoms with Gasteiger partial charge in [-0.2, -0.15) is 0 Å². The van der Waals surface area contributed by atoms with E-state index in [9.17, 15) is 14.7 Å². The quantitative estimate of drug-likeness (QED) is 0.691. The summed E-state index contributed by atoms with van der Waals surface area (Å²) in [6.07, 6.45) is 0.474. The van der Waals surface area contributed by atoms with Crippen molar-refractivity contribution in [1.82, 2.24) is 5.32 Å². The van der Waals surface area contributed by atoms with Crippen molar-refractivity contribution in [3.05, 3.63) is 65.7 Å². The van der Waals surface area contributed by atoms with Crippen LogP contribution >= 0.6 is 0 Å². The Morgan fingerprint density at radius 2 is 1.80 bits per heavy atom. The first kappa shape index (κ1) is 18.7. The van der Waals surface area contributed by atoms with Crippen LogP contribution in [0.15, 0.2) is 54.6 Å². The maximum absolute atomic E-state index is 12.0. The van der Waals surface area contributed by atoms with E-state index in [1.807, 2.05) is 49.4 Å². The Bertz CT molecular complexity index is 701. The minimum atomic E-state index is -0.819. The fourth-order valence-electron chi connectivity index (χ4n) is 2.45. The van der Waals surface area contributed by atoms with E-state index >= 15 is 0 Å². The van der Waals surface area contributed by atoms with Crippen molar-refractivity contribution < 1.29 is 14.7 Å². The normalized spacial score (nSPS) is 11.6. The Hall–Kier alpha value is -2.66. The standard InChI is InChI=1S/C20H24N2O3/c1-2-7-19(24)22-17-11-6-8-15(12-17)14-21-20(25)13-18(23)16-9-4-3-5-10-16/h3-6,8-12,18,23H,2,7,13-14H2,1H3,(H,21,25)(H,22,24). The summed E-state index contributed by atoms with van der Waals surface area (Å²) < 4.78 is 0. The Balaban J connectivity index is 1.84. The van der Waals surface area contributed by atoms with E-state index in [0.717, 1.165) is 23.2 Å². The first-order chi connectivity index (χ1) is 12.1. The molecule has 2 aromatic carbocycles. The van der Waals surface area contributed by atoms with Gasteiger partial charge in [-0.1, -0.05) is 49.4 Å². The molecule has 25 heavy (non-hydrogen) atoms. The molecule has 0 spiro atoms. The third kappa shape index (κ3) is 6.39. The van der Waals surface area contributed by atoms with Gasteiger partial charge < -0.3 is 15.7 Å². The fraction of sp³-hybridized carbons (Fsp3) is 0.300.